The summed E-state index contributed by atoms with van der Waals surface area (Å²) in [6.45, 7) is 7.91. The maximum absolute atomic E-state index is 6.04. The Morgan fingerprint density at radius 2 is 1.60 bits per heavy atom. The third-order valence-electron chi connectivity index (χ3n) is 3.51. The van der Waals surface area contributed by atoms with Gasteiger partial charge in [-0.1, -0.05) is 48.7 Å². The molecular formula is C17H27BrO2. The summed E-state index contributed by atoms with van der Waals surface area (Å²) < 4.78 is 11.6. The molecule has 0 saturated heterocycles. The molecule has 0 fully saturated rings. The second kappa shape index (κ2) is 9.28. The summed E-state index contributed by atoms with van der Waals surface area (Å²) in [4.78, 5) is 0. The highest BCUT2D eigenvalue weighted by Gasteiger charge is 2.28. The maximum atomic E-state index is 6.04. The van der Waals surface area contributed by atoms with Gasteiger partial charge in [0.25, 0.3) is 0 Å². The van der Waals surface area contributed by atoms with Crippen LogP contribution in [0.25, 0.3) is 0 Å². The van der Waals surface area contributed by atoms with E-state index in [1.54, 1.807) is 0 Å². The summed E-state index contributed by atoms with van der Waals surface area (Å²) in [6, 6.07) is 7.92. The fourth-order valence-corrected chi connectivity index (χ4v) is 3.28. The van der Waals surface area contributed by atoms with Crippen LogP contribution in [0, 0.1) is 5.41 Å². The van der Waals surface area contributed by atoms with E-state index in [1.165, 1.54) is 25.7 Å². The van der Waals surface area contributed by atoms with Gasteiger partial charge in [-0.2, -0.15) is 0 Å². The zero-order chi connectivity index (χ0) is 14.8. The monoisotopic (exact) mass is 342 g/mol. The van der Waals surface area contributed by atoms with Gasteiger partial charge in [-0.25, -0.2) is 0 Å². The lowest BCUT2D eigenvalue weighted by Gasteiger charge is -2.31. The van der Waals surface area contributed by atoms with Crippen LogP contribution in [0.3, 0.4) is 0 Å². The van der Waals surface area contributed by atoms with E-state index in [2.05, 4.69) is 29.8 Å². The van der Waals surface area contributed by atoms with Crippen LogP contribution in [-0.4, -0.2) is 18.5 Å². The van der Waals surface area contributed by atoms with Crippen molar-refractivity contribution in [3.8, 4) is 11.5 Å². The van der Waals surface area contributed by atoms with E-state index in [-0.39, 0.29) is 5.41 Å². The Bertz CT molecular complexity index is 373. The van der Waals surface area contributed by atoms with Crippen LogP contribution in [0.15, 0.2) is 24.3 Å². The standard InChI is InChI=1S/C17H27BrO2/c1-4-10-17(13-18,11-5-2)14-20-16-9-7-8-15(12-16)19-6-3/h7-9,12H,4-6,10-11,13-14H2,1-3H3. The number of ether oxygens (including phenoxy) is 2. The summed E-state index contributed by atoms with van der Waals surface area (Å²) in [5.41, 5.74) is 0.241. The van der Waals surface area contributed by atoms with Crippen molar-refractivity contribution in [3.05, 3.63) is 24.3 Å². The average molecular weight is 343 g/mol. The van der Waals surface area contributed by atoms with E-state index in [0.29, 0.717) is 6.61 Å². The summed E-state index contributed by atoms with van der Waals surface area (Å²) >= 11 is 3.68. The lowest BCUT2D eigenvalue weighted by atomic mass is 9.82. The zero-order valence-electron chi connectivity index (χ0n) is 13.0. The number of benzene rings is 1. The molecule has 0 heterocycles. The summed E-state index contributed by atoms with van der Waals surface area (Å²) in [5.74, 6) is 1.77. The lowest BCUT2D eigenvalue weighted by molar-refractivity contribution is 0.144. The van der Waals surface area contributed by atoms with Gasteiger partial charge in [0.1, 0.15) is 11.5 Å². The van der Waals surface area contributed by atoms with Crippen LogP contribution in [0.5, 0.6) is 11.5 Å². The van der Waals surface area contributed by atoms with E-state index in [1.807, 2.05) is 31.2 Å². The number of halogens is 1. The quantitative estimate of drug-likeness (QED) is 0.526. The van der Waals surface area contributed by atoms with Crippen LogP contribution in [0.2, 0.25) is 0 Å². The van der Waals surface area contributed by atoms with Crippen molar-refractivity contribution in [2.75, 3.05) is 18.5 Å². The minimum atomic E-state index is 0.241. The Morgan fingerprint density at radius 3 is 2.10 bits per heavy atom. The van der Waals surface area contributed by atoms with Gasteiger partial charge in [0.05, 0.1) is 13.2 Å². The molecule has 114 valence electrons. The van der Waals surface area contributed by atoms with Gasteiger partial charge < -0.3 is 9.47 Å². The number of hydrogen-bond donors (Lipinski definition) is 0. The van der Waals surface area contributed by atoms with Crippen LogP contribution < -0.4 is 9.47 Å². The third-order valence-corrected chi connectivity index (χ3v) is 4.70. The number of rotatable bonds is 10. The molecule has 0 radical (unpaired) electrons. The van der Waals surface area contributed by atoms with Crippen molar-refractivity contribution >= 4 is 15.9 Å². The van der Waals surface area contributed by atoms with Crippen molar-refractivity contribution < 1.29 is 9.47 Å². The Morgan fingerprint density at radius 1 is 1.00 bits per heavy atom. The van der Waals surface area contributed by atoms with Gasteiger partial charge in [-0.15, -0.1) is 0 Å². The normalized spacial score (nSPS) is 11.4. The Labute approximate surface area is 132 Å². The fourth-order valence-electron chi connectivity index (χ4n) is 2.56. The number of alkyl halides is 1. The van der Waals surface area contributed by atoms with Crippen molar-refractivity contribution in [3.63, 3.8) is 0 Å². The zero-order valence-corrected chi connectivity index (χ0v) is 14.5. The van der Waals surface area contributed by atoms with Crippen molar-refractivity contribution in [2.45, 2.75) is 46.5 Å². The van der Waals surface area contributed by atoms with E-state index in [0.717, 1.165) is 23.4 Å². The Kier molecular flexibility index (Phi) is 8.05. The van der Waals surface area contributed by atoms with Gasteiger partial charge in [0.15, 0.2) is 0 Å². The fraction of sp³-hybridized carbons (Fsp3) is 0.647. The molecule has 1 aromatic carbocycles. The van der Waals surface area contributed by atoms with E-state index in [9.17, 15) is 0 Å². The highest BCUT2D eigenvalue weighted by molar-refractivity contribution is 9.09. The van der Waals surface area contributed by atoms with E-state index >= 15 is 0 Å². The van der Waals surface area contributed by atoms with Crippen LogP contribution in [0.4, 0.5) is 0 Å². The summed E-state index contributed by atoms with van der Waals surface area (Å²) in [7, 11) is 0. The Balaban J connectivity index is 2.68. The van der Waals surface area contributed by atoms with Gasteiger partial charge in [0, 0.05) is 16.8 Å². The first-order valence-corrected chi connectivity index (χ1v) is 8.73. The van der Waals surface area contributed by atoms with Gasteiger partial charge in [0.2, 0.25) is 0 Å². The predicted molar refractivity (Wildman–Crippen MR) is 89.1 cm³/mol. The first-order valence-electron chi connectivity index (χ1n) is 7.61. The number of hydrogen-bond acceptors (Lipinski definition) is 2. The van der Waals surface area contributed by atoms with Gasteiger partial charge in [-0.3, -0.25) is 0 Å². The molecule has 1 rings (SSSR count). The van der Waals surface area contributed by atoms with E-state index in [4.69, 9.17) is 9.47 Å². The largest absolute Gasteiger partial charge is 0.494 e. The van der Waals surface area contributed by atoms with Crippen molar-refractivity contribution in [1.82, 2.24) is 0 Å². The molecule has 0 saturated carbocycles. The van der Waals surface area contributed by atoms with Gasteiger partial charge >= 0.3 is 0 Å². The SMILES string of the molecule is CCCC(CBr)(CCC)COc1cccc(OCC)c1. The molecule has 20 heavy (non-hydrogen) atoms. The molecule has 3 heteroatoms. The molecule has 0 aliphatic carbocycles. The first-order chi connectivity index (χ1) is 9.69. The molecule has 0 aliphatic rings. The van der Waals surface area contributed by atoms with Crippen LogP contribution in [-0.2, 0) is 0 Å². The van der Waals surface area contributed by atoms with Crippen molar-refractivity contribution in [2.24, 2.45) is 5.41 Å². The highest BCUT2D eigenvalue weighted by atomic mass is 79.9. The molecule has 0 bridgehead atoms. The minimum Gasteiger partial charge on any atom is -0.494 e. The molecular weight excluding hydrogens is 316 g/mol. The molecule has 0 aromatic heterocycles. The molecule has 1 aromatic rings. The molecule has 0 N–H and O–H groups in total. The maximum Gasteiger partial charge on any atom is 0.123 e. The second-order valence-electron chi connectivity index (χ2n) is 5.33. The molecule has 0 unspecified atom stereocenters. The smallest absolute Gasteiger partial charge is 0.123 e. The minimum absolute atomic E-state index is 0.241. The highest BCUT2D eigenvalue weighted by Crippen LogP contribution is 2.33. The molecule has 0 aliphatic heterocycles. The van der Waals surface area contributed by atoms with Crippen molar-refractivity contribution in [1.29, 1.82) is 0 Å². The Hall–Kier alpha value is -0.700. The second-order valence-corrected chi connectivity index (χ2v) is 5.89. The van der Waals surface area contributed by atoms with Gasteiger partial charge in [-0.05, 0) is 31.9 Å². The molecule has 0 atom stereocenters. The lowest BCUT2D eigenvalue weighted by Crippen LogP contribution is -2.30. The average Bonchev–Trinajstić information content (AvgIpc) is 2.46. The first kappa shape index (κ1) is 17.4. The summed E-state index contributed by atoms with van der Waals surface area (Å²) in [5, 5.41) is 0.993. The third kappa shape index (κ3) is 5.35. The van der Waals surface area contributed by atoms with E-state index < -0.39 is 0 Å². The topological polar surface area (TPSA) is 18.5 Å². The predicted octanol–water partition coefficient (Wildman–Crippen LogP) is 5.45. The molecule has 2 nitrogen and oxygen atoms in total. The summed E-state index contributed by atoms with van der Waals surface area (Å²) in [6.07, 6.45) is 4.76. The van der Waals surface area contributed by atoms with Crippen LogP contribution in [0.1, 0.15) is 46.5 Å². The molecule has 0 spiro atoms. The molecule has 0 amide bonds. The van der Waals surface area contributed by atoms with Crippen LogP contribution >= 0.6 is 15.9 Å².